The summed E-state index contributed by atoms with van der Waals surface area (Å²) in [6.07, 6.45) is 4.17. The molecule has 82 valence electrons. The van der Waals surface area contributed by atoms with Crippen molar-refractivity contribution in [1.29, 1.82) is 0 Å². The van der Waals surface area contributed by atoms with E-state index in [2.05, 4.69) is 26.1 Å². The van der Waals surface area contributed by atoms with E-state index in [1.54, 1.807) is 0 Å². The summed E-state index contributed by atoms with van der Waals surface area (Å²) >= 11 is 0. The van der Waals surface area contributed by atoms with Gasteiger partial charge >= 0.3 is 0 Å². The molecule has 0 bridgehead atoms. The summed E-state index contributed by atoms with van der Waals surface area (Å²) in [5.41, 5.74) is 5.83. The van der Waals surface area contributed by atoms with E-state index in [1.807, 2.05) is 0 Å². The van der Waals surface area contributed by atoms with Gasteiger partial charge in [0, 0.05) is 5.54 Å². The van der Waals surface area contributed by atoms with E-state index >= 15 is 0 Å². The molecule has 1 fully saturated rings. The number of rotatable bonds is 4. The lowest BCUT2D eigenvalue weighted by Crippen LogP contribution is -2.55. The highest BCUT2D eigenvalue weighted by molar-refractivity contribution is 5.82. The Labute approximate surface area is 86.4 Å². The summed E-state index contributed by atoms with van der Waals surface area (Å²) in [4.78, 5) is 11.7. The zero-order chi connectivity index (χ0) is 10.8. The Bertz CT molecular complexity index is 209. The Hall–Kier alpha value is -0.570. The van der Waals surface area contributed by atoms with E-state index < -0.39 is 0 Å². The van der Waals surface area contributed by atoms with Crippen LogP contribution < -0.4 is 11.1 Å². The number of carbonyl (C=O) groups is 1. The lowest BCUT2D eigenvalue weighted by molar-refractivity contribution is -0.125. The molecule has 1 aliphatic carbocycles. The second kappa shape index (κ2) is 4.30. The van der Waals surface area contributed by atoms with Gasteiger partial charge in [-0.25, -0.2) is 0 Å². The molecule has 14 heavy (non-hydrogen) atoms. The van der Waals surface area contributed by atoms with E-state index in [9.17, 15) is 4.79 Å². The van der Waals surface area contributed by atoms with Crippen LogP contribution in [0.5, 0.6) is 0 Å². The molecule has 0 aromatic carbocycles. The Morgan fingerprint density at radius 3 is 2.43 bits per heavy atom. The van der Waals surface area contributed by atoms with Gasteiger partial charge in [-0.3, -0.25) is 4.79 Å². The zero-order valence-corrected chi connectivity index (χ0v) is 9.47. The number of nitrogens with one attached hydrogen (secondary N) is 1. The van der Waals surface area contributed by atoms with Crippen LogP contribution in [-0.2, 0) is 4.79 Å². The van der Waals surface area contributed by atoms with Crippen molar-refractivity contribution in [3.05, 3.63) is 0 Å². The predicted octanol–water partition coefficient (Wildman–Crippen LogP) is 1.42. The van der Waals surface area contributed by atoms with Gasteiger partial charge in [-0.05, 0) is 38.5 Å². The standard InChI is InChI=1S/C11H22N2O/c1-8(2)7-9(12)10(14)13-11(3)5-4-6-11/h8-9H,4-7,12H2,1-3H3,(H,13,14)/t9-/m1/s1. The van der Waals surface area contributed by atoms with E-state index in [1.165, 1.54) is 6.42 Å². The Balaban J connectivity index is 2.33. The minimum Gasteiger partial charge on any atom is -0.350 e. The van der Waals surface area contributed by atoms with E-state index in [4.69, 9.17) is 5.73 Å². The summed E-state index contributed by atoms with van der Waals surface area (Å²) in [6.45, 7) is 6.26. The van der Waals surface area contributed by atoms with Crippen LogP contribution >= 0.6 is 0 Å². The highest BCUT2D eigenvalue weighted by Crippen LogP contribution is 2.30. The van der Waals surface area contributed by atoms with Crippen molar-refractivity contribution in [2.75, 3.05) is 0 Å². The quantitative estimate of drug-likeness (QED) is 0.717. The van der Waals surface area contributed by atoms with Gasteiger partial charge in [0.25, 0.3) is 0 Å². The molecule has 3 heteroatoms. The van der Waals surface area contributed by atoms with E-state index in [0.29, 0.717) is 5.92 Å². The molecule has 1 atom stereocenters. The van der Waals surface area contributed by atoms with Crippen molar-refractivity contribution in [3.8, 4) is 0 Å². The average molecular weight is 198 g/mol. The molecule has 3 nitrogen and oxygen atoms in total. The number of hydrogen-bond acceptors (Lipinski definition) is 2. The maximum atomic E-state index is 11.7. The Morgan fingerprint density at radius 2 is 2.07 bits per heavy atom. The summed E-state index contributed by atoms with van der Waals surface area (Å²) in [6, 6.07) is -0.340. The summed E-state index contributed by atoms with van der Waals surface area (Å²) in [5, 5.41) is 3.03. The average Bonchev–Trinajstić information content (AvgIpc) is 2.00. The van der Waals surface area contributed by atoms with Crippen molar-refractivity contribution >= 4 is 5.91 Å². The van der Waals surface area contributed by atoms with Crippen molar-refractivity contribution < 1.29 is 4.79 Å². The van der Waals surface area contributed by atoms with Gasteiger partial charge < -0.3 is 11.1 Å². The molecule has 3 N–H and O–H groups in total. The van der Waals surface area contributed by atoms with Gasteiger partial charge in [0.2, 0.25) is 5.91 Å². The molecule has 0 aromatic rings. The summed E-state index contributed by atoms with van der Waals surface area (Å²) < 4.78 is 0. The molecule has 0 saturated heterocycles. The maximum Gasteiger partial charge on any atom is 0.237 e. The molecule has 0 aromatic heterocycles. The van der Waals surface area contributed by atoms with Gasteiger partial charge in [0.1, 0.15) is 0 Å². The van der Waals surface area contributed by atoms with E-state index in [-0.39, 0.29) is 17.5 Å². The molecule has 0 heterocycles. The molecular formula is C11H22N2O. The van der Waals surface area contributed by atoms with Gasteiger partial charge in [-0.2, -0.15) is 0 Å². The van der Waals surface area contributed by atoms with E-state index in [0.717, 1.165) is 19.3 Å². The normalized spacial score (nSPS) is 21.5. The highest BCUT2D eigenvalue weighted by Gasteiger charge is 2.34. The first-order valence-electron chi connectivity index (χ1n) is 5.50. The fourth-order valence-corrected chi connectivity index (χ4v) is 1.84. The monoisotopic (exact) mass is 198 g/mol. The van der Waals surface area contributed by atoms with Gasteiger partial charge in [-0.1, -0.05) is 13.8 Å². The first-order chi connectivity index (χ1) is 6.43. The van der Waals surface area contributed by atoms with Gasteiger partial charge in [0.15, 0.2) is 0 Å². The van der Waals surface area contributed by atoms with Crippen molar-refractivity contribution in [3.63, 3.8) is 0 Å². The van der Waals surface area contributed by atoms with Crippen LogP contribution in [-0.4, -0.2) is 17.5 Å². The third kappa shape index (κ3) is 2.98. The third-order valence-corrected chi connectivity index (χ3v) is 2.94. The number of amides is 1. The van der Waals surface area contributed by atoms with Crippen LogP contribution in [0.15, 0.2) is 0 Å². The van der Waals surface area contributed by atoms with Crippen LogP contribution in [0.3, 0.4) is 0 Å². The summed E-state index contributed by atoms with van der Waals surface area (Å²) in [5.74, 6) is 0.492. The molecule has 1 rings (SSSR count). The minimum atomic E-state index is -0.340. The highest BCUT2D eigenvalue weighted by atomic mass is 16.2. The molecule has 1 saturated carbocycles. The molecule has 0 spiro atoms. The topological polar surface area (TPSA) is 55.1 Å². The van der Waals surface area contributed by atoms with Crippen molar-refractivity contribution in [2.45, 2.75) is 58.0 Å². The lowest BCUT2D eigenvalue weighted by atomic mass is 9.78. The number of carbonyl (C=O) groups excluding carboxylic acids is 1. The van der Waals surface area contributed by atoms with Crippen LogP contribution in [0.4, 0.5) is 0 Å². The zero-order valence-electron chi connectivity index (χ0n) is 9.47. The van der Waals surface area contributed by atoms with Crippen LogP contribution in [0, 0.1) is 5.92 Å². The molecule has 1 amide bonds. The smallest absolute Gasteiger partial charge is 0.237 e. The minimum absolute atomic E-state index is 0.0147. The molecule has 0 unspecified atom stereocenters. The maximum absolute atomic E-state index is 11.7. The molecular weight excluding hydrogens is 176 g/mol. The predicted molar refractivity (Wildman–Crippen MR) is 57.8 cm³/mol. The molecule has 0 aliphatic heterocycles. The van der Waals surface area contributed by atoms with Crippen LogP contribution in [0.25, 0.3) is 0 Å². The second-order valence-electron chi connectivity index (χ2n) is 5.14. The largest absolute Gasteiger partial charge is 0.350 e. The fourth-order valence-electron chi connectivity index (χ4n) is 1.84. The van der Waals surface area contributed by atoms with Crippen molar-refractivity contribution in [2.24, 2.45) is 11.7 Å². The second-order valence-corrected chi connectivity index (χ2v) is 5.14. The Kier molecular flexibility index (Phi) is 3.53. The van der Waals surface area contributed by atoms with Gasteiger partial charge in [-0.15, -0.1) is 0 Å². The van der Waals surface area contributed by atoms with Crippen molar-refractivity contribution in [1.82, 2.24) is 5.32 Å². The van der Waals surface area contributed by atoms with Crippen LogP contribution in [0.1, 0.15) is 46.5 Å². The molecule has 1 aliphatic rings. The third-order valence-electron chi connectivity index (χ3n) is 2.94. The fraction of sp³-hybridized carbons (Fsp3) is 0.909. The van der Waals surface area contributed by atoms with Crippen LogP contribution in [0.2, 0.25) is 0 Å². The molecule has 0 radical (unpaired) electrons. The first kappa shape index (κ1) is 11.5. The summed E-state index contributed by atoms with van der Waals surface area (Å²) in [7, 11) is 0. The Morgan fingerprint density at radius 1 is 1.50 bits per heavy atom. The SMILES string of the molecule is CC(C)C[C@@H](N)C(=O)NC1(C)CCC1. The number of hydrogen-bond donors (Lipinski definition) is 2. The number of nitrogens with two attached hydrogens (primary N) is 1. The van der Waals surface area contributed by atoms with Gasteiger partial charge in [0.05, 0.1) is 6.04 Å². The first-order valence-corrected chi connectivity index (χ1v) is 5.50. The lowest BCUT2D eigenvalue weighted by Gasteiger charge is -2.39.